The van der Waals surface area contributed by atoms with Crippen molar-refractivity contribution < 1.29 is 13.2 Å². The largest absolute Gasteiger partial charge is 0.314 e. The van der Waals surface area contributed by atoms with E-state index in [-0.39, 0.29) is 5.56 Å². The second-order valence-electron chi connectivity index (χ2n) is 3.24. The van der Waals surface area contributed by atoms with Gasteiger partial charge in [-0.15, -0.1) is 6.42 Å². The molecule has 0 fully saturated rings. The third-order valence-electron chi connectivity index (χ3n) is 2.02. The van der Waals surface area contributed by atoms with Gasteiger partial charge in [-0.25, -0.2) is 13.2 Å². The second-order valence-corrected chi connectivity index (χ2v) is 3.24. The molecule has 2 N–H and O–H groups in total. The fourth-order valence-electron chi connectivity index (χ4n) is 1.22. The minimum Gasteiger partial charge on any atom is -0.314 e. The van der Waals surface area contributed by atoms with Crippen molar-refractivity contribution in [2.45, 2.75) is 18.9 Å². The van der Waals surface area contributed by atoms with Crippen molar-refractivity contribution in [1.29, 1.82) is 0 Å². The van der Waals surface area contributed by atoms with Crippen molar-refractivity contribution >= 4 is 0 Å². The van der Waals surface area contributed by atoms with E-state index >= 15 is 0 Å². The van der Waals surface area contributed by atoms with Crippen LogP contribution in [0.4, 0.5) is 13.2 Å². The van der Waals surface area contributed by atoms with Gasteiger partial charge in [0.2, 0.25) is 0 Å². The van der Waals surface area contributed by atoms with Gasteiger partial charge in [0.15, 0.2) is 0 Å². The number of rotatable bonds is 2. The van der Waals surface area contributed by atoms with E-state index in [1.165, 1.54) is 12.1 Å². The summed E-state index contributed by atoms with van der Waals surface area (Å²) in [7, 11) is 0. The van der Waals surface area contributed by atoms with Gasteiger partial charge in [-0.3, -0.25) is 0 Å². The monoisotopic (exact) mass is 213 g/mol. The SMILES string of the molecule is C#C[C@@H](N)c1cccc(C(C)(F)F)c1F. The first-order chi connectivity index (χ1) is 6.88. The molecule has 1 nitrogen and oxygen atoms in total. The molecule has 1 aromatic carbocycles. The molecule has 0 bridgehead atoms. The first-order valence-electron chi connectivity index (χ1n) is 4.26. The molecule has 0 heterocycles. The van der Waals surface area contributed by atoms with Crippen LogP contribution in [0.5, 0.6) is 0 Å². The van der Waals surface area contributed by atoms with Crippen LogP contribution in [0.25, 0.3) is 0 Å². The van der Waals surface area contributed by atoms with Crippen LogP contribution in [0, 0.1) is 18.2 Å². The topological polar surface area (TPSA) is 26.0 Å². The summed E-state index contributed by atoms with van der Waals surface area (Å²) in [6.07, 6.45) is 5.00. The van der Waals surface area contributed by atoms with Crippen LogP contribution in [0.3, 0.4) is 0 Å². The zero-order valence-electron chi connectivity index (χ0n) is 8.10. The third kappa shape index (κ3) is 2.31. The summed E-state index contributed by atoms with van der Waals surface area (Å²) in [5.74, 6) is -2.18. The normalized spacial score (nSPS) is 13.3. The molecule has 0 aliphatic heterocycles. The molecule has 0 amide bonds. The summed E-state index contributed by atoms with van der Waals surface area (Å²) in [6.45, 7) is 0.622. The van der Waals surface area contributed by atoms with Gasteiger partial charge < -0.3 is 5.73 Å². The molecule has 0 unspecified atom stereocenters. The summed E-state index contributed by atoms with van der Waals surface area (Å²) >= 11 is 0. The molecule has 1 aromatic rings. The number of hydrogen-bond donors (Lipinski definition) is 1. The molecule has 0 aromatic heterocycles. The number of halogens is 3. The van der Waals surface area contributed by atoms with E-state index in [2.05, 4.69) is 5.92 Å². The van der Waals surface area contributed by atoms with E-state index in [4.69, 9.17) is 12.2 Å². The van der Waals surface area contributed by atoms with E-state index in [9.17, 15) is 13.2 Å². The van der Waals surface area contributed by atoms with Crippen LogP contribution in [-0.4, -0.2) is 0 Å². The van der Waals surface area contributed by atoms with Crippen LogP contribution in [0.2, 0.25) is 0 Å². The minimum atomic E-state index is -3.24. The van der Waals surface area contributed by atoms with Crippen LogP contribution in [0.15, 0.2) is 18.2 Å². The Bertz CT molecular complexity index is 401. The van der Waals surface area contributed by atoms with Crippen LogP contribution >= 0.6 is 0 Å². The lowest BCUT2D eigenvalue weighted by Crippen LogP contribution is -2.15. The maximum atomic E-state index is 13.6. The van der Waals surface area contributed by atoms with Gasteiger partial charge in [0.25, 0.3) is 5.92 Å². The molecule has 0 saturated heterocycles. The summed E-state index contributed by atoms with van der Waals surface area (Å²) in [6, 6.07) is 2.62. The first-order valence-corrected chi connectivity index (χ1v) is 4.26. The first kappa shape index (κ1) is 11.6. The molecule has 1 atom stereocenters. The van der Waals surface area contributed by atoms with E-state index in [0.717, 1.165) is 6.07 Å². The molecule has 0 radical (unpaired) electrons. The predicted octanol–water partition coefficient (Wildman–Crippen LogP) is 2.57. The van der Waals surface area contributed by atoms with E-state index < -0.39 is 23.3 Å². The number of hydrogen-bond acceptors (Lipinski definition) is 1. The van der Waals surface area contributed by atoms with Crippen LogP contribution in [-0.2, 0) is 5.92 Å². The summed E-state index contributed by atoms with van der Waals surface area (Å²) in [5.41, 5.74) is 4.61. The van der Waals surface area contributed by atoms with Gasteiger partial charge in [0.1, 0.15) is 5.82 Å². The lowest BCUT2D eigenvalue weighted by molar-refractivity contribution is 0.0136. The number of alkyl halides is 2. The molecule has 1 rings (SSSR count). The molecule has 0 saturated carbocycles. The van der Waals surface area contributed by atoms with E-state index in [1.54, 1.807) is 0 Å². The Kier molecular flexibility index (Phi) is 3.06. The van der Waals surface area contributed by atoms with Crippen molar-refractivity contribution in [3.63, 3.8) is 0 Å². The Morgan fingerprint density at radius 1 is 1.47 bits per heavy atom. The van der Waals surface area contributed by atoms with Gasteiger partial charge in [-0.1, -0.05) is 24.1 Å². The Hall–Kier alpha value is -1.47. The zero-order chi connectivity index (χ0) is 11.6. The van der Waals surface area contributed by atoms with Crippen molar-refractivity contribution in [2.24, 2.45) is 5.73 Å². The van der Waals surface area contributed by atoms with E-state index in [0.29, 0.717) is 6.92 Å². The van der Waals surface area contributed by atoms with Crippen molar-refractivity contribution in [2.75, 3.05) is 0 Å². The maximum absolute atomic E-state index is 13.6. The van der Waals surface area contributed by atoms with E-state index in [1.807, 2.05) is 0 Å². The highest BCUT2D eigenvalue weighted by Gasteiger charge is 2.29. The average Bonchev–Trinajstić information content (AvgIpc) is 2.15. The summed E-state index contributed by atoms with van der Waals surface area (Å²) < 4.78 is 39.4. The minimum absolute atomic E-state index is 0.0866. The highest BCUT2D eigenvalue weighted by Crippen LogP contribution is 2.31. The Balaban J connectivity index is 3.31. The van der Waals surface area contributed by atoms with Crippen LogP contribution in [0.1, 0.15) is 24.1 Å². The molecule has 80 valence electrons. The summed E-state index contributed by atoms with van der Waals surface area (Å²) in [5, 5.41) is 0. The number of benzene rings is 1. The fraction of sp³-hybridized carbons (Fsp3) is 0.273. The summed E-state index contributed by atoms with van der Waals surface area (Å²) in [4.78, 5) is 0. The van der Waals surface area contributed by atoms with Gasteiger partial charge >= 0.3 is 0 Å². The lowest BCUT2D eigenvalue weighted by atomic mass is 10.0. The van der Waals surface area contributed by atoms with Crippen molar-refractivity contribution in [3.8, 4) is 12.3 Å². The Labute approximate surface area is 86.1 Å². The van der Waals surface area contributed by atoms with Gasteiger partial charge in [-0.05, 0) is 0 Å². The fourth-order valence-corrected chi connectivity index (χ4v) is 1.22. The number of terminal acetylenes is 1. The molecular formula is C11H10F3N. The smallest absolute Gasteiger partial charge is 0.273 e. The Morgan fingerprint density at radius 2 is 2.07 bits per heavy atom. The second kappa shape index (κ2) is 3.95. The highest BCUT2D eigenvalue weighted by atomic mass is 19.3. The molecule has 0 aliphatic carbocycles. The Morgan fingerprint density at radius 3 is 2.53 bits per heavy atom. The highest BCUT2D eigenvalue weighted by molar-refractivity contribution is 5.33. The molecule has 0 aliphatic rings. The van der Waals surface area contributed by atoms with Gasteiger partial charge in [0.05, 0.1) is 11.6 Å². The third-order valence-corrected chi connectivity index (χ3v) is 2.02. The van der Waals surface area contributed by atoms with Crippen molar-refractivity contribution in [3.05, 3.63) is 35.1 Å². The lowest BCUT2D eigenvalue weighted by Gasteiger charge is -2.15. The predicted molar refractivity (Wildman–Crippen MR) is 51.7 cm³/mol. The quantitative estimate of drug-likeness (QED) is 0.751. The number of nitrogens with two attached hydrogens (primary N) is 1. The average molecular weight is 213 g/mol. The molecule has 15 heavy (non-hydrogen) atoms. The zero-order valence-corrected chi connectivity index (χ0v) is 8.10. The maximum Gasteiger partial charge on any atom is 0.273 e. The van der Waals surface area contributed by atoms with Gasteiger partial charge in [0, 0.05) is 12.5 Å². The standard InChI is InChI=1S/C11H10F3N/c1-3-9(15)7-5-4-6-8(10(7)12)11(2,13)14/h1,4-6,9H,15H2,2H3/t9-/m1/s1. The molecular weight excluding hydrogens is 203 g/mol. The van der Waals surface area contributed by atoms with Gasteiger partial charge in [-0.2, -0.15) is 0 Å². The molecule has 4 heteroatoms. The van der Waals surface area contributed by atoms with Crippen molar-refractivity contribution in [1.82, 2.24) is 0 Å². The molecule has 0 spiro atoms. The van der Waals surface area contributed by atoms with Crippen LogP contribution < -0.4 is 5.73 Å².